The normalized spacial score (nSPS) is 19.9. The van der Waals surface area contributed by atoms with E-state index in [0.29, 0.717) is 13.0 Å². The van der Waals surface area contributed by atoms with Crippen molar-refractivity contribution < 1.29 is 9.53 Å². The first kappa shape index (κ1) is 22.7. The summed E-state index contributed by atoms with van der Waals surface area (Å²) in [5, 5.41) is 6.80. The Kier molecular flexibility index (Phi) is 9.30. The topological polar surface area (TPSA) is 69.2 Å². The minimum atomic E-state index is 0. The van der Waals surface area contributed by atoms with Gasteiger partial charge in [-0.15, -0.1) is 24.0 Å². The van der Waals surface area contributed by atoms with Gasteiger partial charge in [0.1, 0.15) is 0 Å². The lowest BCUT2D eigenvalue weighted by Crippen LogP contribution is -2.44. The van der Waals surface area contributed by atoms with Gasteiger partial charge in [0.15, 0.2) is 5.96 Å². The van der Waals surface area contributed by atoms with Gasteiger partial charge in [-0.25, -0.2) is 0 Å². The number of ether oxygens (including phenoxy) is 1. The third-order valence-corrected chi connectivity index (χ3v) is 5.18. The number of amides is 1. The Morgan fingerprint density at radius 1 is 1.21 bits per heavy atom. The van der Waals surface area contributed by atoms with Gasteiger partial charge in [-0.05, 0) is 24.1 Å². The average Bonchev–Trinajstić information content (AvgIpc) is 3.20. The average molecular weight is 501 g/mol. The first-order valence-electron chi connectivity index (χ1n) is 9.86. The van der Waals surface area contributed by atoms with E-state index in [9.17, 15) is 4.79 Å². The van der Waals surface area contributed by atoms with Crippen LogP contribution in [0.3, 0.4) is 0 Å². The first-order valence-corrected chi connectivity index (χ1v) is 9.86. The number of guanidine groups is 1. The molecular weight excluding hydrogens is 469 g/mol. The van der Waals surface area contributed by atoms with Crippen LogP contribution in [-0.2, 0) is 16.1 Å². The maximum Gasteiger partial charge on any atom is 0.222 e. The molecule has 28 heavy (non-hydrogen) atoms. The Hall–Kier alpha value is -1.55. The molecule has 2 fully saturated rings. The van der Waals surface area contributed by atoms with Crippen LogP contribution in [0.5, 0.6) is 0 Å². The number of carbonyl (C=O) groups is 1. The summed E-state index contributed by atoms with van der Waals surface area (Å²) in [4.78, 5) is 20.4. The lowest BCUT2D eigenvalue weighted by Gasteiger charge is -2.29. The highest BCUT2D eigenvalue weighted by Gasteiger charge is 2.25. The number of anilines is 1. The number of morpholine rings is 1. The number of halogens is 1. The minimum absolute atomic E-state index is 0. The Labute approximate surface area is 184 Å². The van der Waals surface area contributed by atoms with Gasteiger partial charge in [-0.2, -0.15) is 0 Å². The van der Waals surface area contributed by atoms with Gasteiger partial charge in [0, 0.05) is 57.9 Å². The van der Waals surface area contributed by atoms with Crippen molar-refractivity contribution in [2.24, 2.45) is 4.99 Å². The van der Waals surface area contributed by atoms with Crippen LogP contribution in [0.25, 0.3) is 0 Å². The summed E-state index contributed by atoms with van der Waals surface area (Å²) in [6.45, 7) is 7.70. The van der Waals surface area contributed by atoms with Crippen molar-refractivity contribution in [2.75, 3.05) is 51.3 Å². The molecule has 0 bridgehead atoms. The Bertz CT molecular complexity index is 647. The van der Waals surface area contributed by atoms with Gasteiger partial charge < -0.3 is 25.2 Å². The molecule has 2 aliphatic heterocycles. The van der Waals surface area contributed by atoms with Gasteiger partial charge in [0.25, 0.3) is 0 Å². The number of rotatable bonds is 5. The number of hydrogen-bond donors (Lipinski definition) is 2. The molecule has 1 aromatic carbocycles. The van der Waals surface area contributed by atoms with E-state index in [2.05, 4.69) is 44.8 Å². The summed E-state index contributed by atoms with van der Waals surface area (Å²) >= 11 is 0. The van der Waals surface area contributed by atoms with Crippen LogP contribution in [0.1, 0.15) is 25.3 Å². The quantitative estimate of drug-likeness (QED) is 0.366. The van der Waals surface area contributed by atoms with E-state index in [1.54, 1.807) is 7.05 Å². The first-order chi connectivity index (χ1) is 13.2. The van der Waals surface area contributed by atoms with E-state index in [1.807, 2.05) is 11.8 Å². The Morgan fingerprint density at radius 2 is 1.93 bits per heavy atom. The molecule has 2 saturated heterocycles. The van der Waals surface area contributed by atoms with Crippen molar-refractivity contribution in [3.63, 3.8) is 0 Å². The molecule has 0 aromatic heterocycles. The third-order valence-electron chi connectivity index (χ3n) is 5.18. The van der Waals surface area contributed by atoms with Gasteiger partial charge in [-0.1, -0.05) is 19.1 Å². The highest BCUT2D eigenvalue weighted by molar-refractivity contribution is 14.0. The molecule has 7 nitrogen and oxygen atoms in total. The molecule has 0 spiro atoms. The number of nitrogens with one attached hydrogen (secondary N) is 2. The number of carbonyl (C=O) groups excluding carboxylic acids is 1. The lowest BCUT2D eigenvalue weighted by molar-refractivity contribution is -0.129. The molecule has 2 heterocycles. The van der Waals surface area contributed by atoms with Crippen LogP contribution in [0.15, 0.2) is 29.3 Å². The van der Waals surface area contributed by atoms with Crippen molar-refractivity contribution >= 4 is 41.5 Å². The van der Waals surface area contributed by atoms with Gasteiger partial charge in [0.2, 0.25) is 5.91 Å². The lowest BCUT2D eigenvalue weighted by atomic mass is 10.2. The SMILES string of the molecule is CCC(=O)N1CCC(NC(=NC)NCc2ccc(N3CCOCC3)cc2)C1.I. The fraction of sp³-hybridized carbons (Fsp3) is 0.600. The van der Waals surface area contributed by atoms with Crippen LogP contribution in [0.2, 0.25) is 0 Å². The highest BCUT2D eigenvalue weighted by atomic mass is 127. The summed E-state index contributed by atoms with van der Waals surface area (Å²) in [5.41, 5.74) is 2.46. The molecule has 0 aliphatic carbocycles. The van der Waals surface area contributed by atoms with E-state index < -0.39 is 0 Å². The minimum Gasteiger partial charge on any atom is -0.378 e. The number of likely N-dealkylation sites (tertiary alicyclic amines) is 1. The summed E-state index contributed by atoms with van der Waals surface area (Å²) < 4.78 is 5.41. The van der Waals surface area contributed by atoms with Crippen molar-refractivity contribution in [2.45, 2.75) is 32.4 Å². The van der Waals surface area contributed by atoms with Crippen molar-refractivity contribution in [3.05, 3.63) is 29.8 Å². The molecule has 156 valence electrons. The molecule has 8 heteroatoms. The van der Waals surface area contributed by atoms with Crippen molar-refractivity contribution in [3.8, 4) is 0 Å². The molecule has 3 rings (SSSR count). The largest absolute Gasteiger partial charge is 0.378 e. The third kappa shape index (κ3) is 6.23. The van der Waals surface area contributed by atoms with E-state index in [1.165, 1.54) is 11.3 Å². The zero-order valence-corrected chi connectivity index (χ0v) is 19.1. The molecule has 2 aliphatic rings. The second-order valence-electron chi connectivity index (χ2n) is 7.01. The van der Waals surface area contributed by atoms with Crippen molar-refractivity contribution in [1.82, 2.24) is 15.5 Å². The number of hydrogen-bond acceptors (Lipinski definition) is 4. The fourth-order valence-electron chi connectivity index (χ4n) is 3.55. The van der Waals surface area contributed by atoms with E-state index >= 15 is 0 Å². The zero-order valence-electron chi connectivity index (χ0n) is 16.8. The molecular formula is C20H32IN5O2. The van der Waals surface area contributed by atoms with Crippen LogP contribution in [-0.4, -0.2) is 69.2 Å². The van der Waals surface area contributed by atoms with E-state index in [4.69, 9.17) is 4.74 Å². The molecule has 1 aromatic rings. The molecule has 1 atom stereocenters. The van der Waals surface area contributed by atoms with Gasteiger partial charge in [0.05, 0.1) is 13.2 Å². The van der Waals surface area contributed by atoms with Crippen LogP contribution in [0, 0.1) is 0 Å². The standard InChI is InChI=1S/C20H31N5O2.HI/c1-3-19(26)25-9-8-17(15-25)23-20(21-2)22-14-16-4-6-18(7-5-16)24-10-12-27-13-11-24;/h4-7,17H,3,8-15H2,1-2H3,(H2,21,22,23);1H. The highest BCUT2D eigenvalue weighted by Crippen LogP contribution is 2.16. The summed E-state index contributed by atoms with van der Waals surface area (Å²) in [5.74, 6) is 1.01. The summed E-state index contributed by atoms with van der Waals surface area (Å²) in [6.07, 6.45) is 1.53. The summed E-state index contributed by atoms with van der Waals surface area (Å²) in [7, 11) is 1.78. The van der Waals surface area contributed by atoms with Crippen LogP contribution >= 0.6 is 24.0 Å². The molecule has 2 N–H and O–H groups in total. The number of benzene rings is 1. The zero-order chi connectivity index (χ0) is 19.1. The predicted octanol–water partition coefficient (Wildman–Crippen LogP) is 1.82. The predicted molar refractivity (Wildman–Crippen MR) is 123 cm³/mol. The van der Waals surface area contributed by atoms with E-state index in [-0.39, 0.29) is 35.9 Å². The molecule has 1 amide bonds. The van der Waals surface area contributed by atoms with E-state index in [0.717, 1.165) is 51.8 Å². The summed E-state index contributed by atoms with van der Waals surface area (Å²) in [6, 6.07) is 8.91. The maximum atomic E-state index is 11.8. The smallest absolute Gasteiger partial charge is 0.222 e. The van der Waals surface area contributed by atoms with Crippen molar-refractivity contribution in [1.29, 1.82) is 0 Å². The second-order valence-corrected chi connectivity index (χ2v) is 7.01. The molecule has 1 unspecified atom stereocenters. The van der Waals surface area contributed by atoms with Crippen LogP contribution < -0.4 is 15.5 Å². The monoisotopic (exact) mass is 501 g/mol. The Morgan fingerprint density at radius 3 is 2.57 bits per heavy atom. The number of nitrogens with zero attached hydrogens (tertiary/aromatic N) is 3. The number of aliphatic imine (C=N–C) groups is 1. The van der Waals surface area contributed by atoms with Gasteiger partial charge in [-0.3, -0.25) is 9.79 Å². The Balaban J connectivity index is 0.00000280. The molecule has 0 saturated carbocycles. The van der Waals surface area contributed by atoms with Gasteiger partial charge >= 0.3 is 0 Å². The fourth-order valence-corrected chi connectivity index (χ4v) is 3.55. The maximum absolute atomic E-state index is 11.8. The second kappa shape index (κ2) is 11.5. The van der Waals surface area contributed by atoms with Crippen LogP contribution in [0.4, 0.5) is 5.69 Å². The molecule has 0 radical (unpaired) electrons.